The van der Waals surface area contributed by atoms with E-state index in [0.29, 0.717) is 37.4 Å². The number of carbonyl (C=O) groups excluding carboxylic acids is 2. The number of carbonyl (C=O) groups is 2. The van der Waals surface area contributed by atoms with Crippen LogP contribution in [0.5, 0.6) is 0 Å². The van der Waals surface area contributed by atoms with Crippen molar-refractivity contribution >= 4 is 27.5 Å². The quantitative estimate of drug-likeness (QED) is 0.710. The largest absolute Gasteiger partial charge is 0.349 e. The van der Waals surface area contributed by atoms with Crippen molar-refractivity contribution in [3.63, 3.8) is 0 Å². The minimum atomic E-state index is -3.66. The Labute approximate surface area is 182 Å². The maximum absolute atomic E-state index is 13.0. The van der Waals surface area contributed by atoms with Gasteiger partial charge in [0.05, 0.1) is 4.90 Å². The van der Waals surface area contributed by atoms with E-state index in [1.807, 2.05) is 7.05 Å². The van der Waals surface area contributed by atoms with E-state index in [-0.39, 0.29) is 22.4 Å². The van der Waals surface area contributed by atoms with Crippen LogP contribution in [0.25, 0.3) is 0 Å². The van der Waals surface area contributed by atoms with Gasteiger partial charge in [-0.15, -0.1) is 0 Å². The molecular formula is C22H26N4O4S. The molecule has 2 aromatic rings. The topological polar surface area (TPSA) is 98.8 Å². The van der Waals surface area contributed by atoms with Gasteiger partial charge in [-0.25, -0.2) is 8.42 Å². The number of nitrogens with one attached hydrogen (secondary N) is 2. The summed E-state index contributed by atoms with van der Waals surface area (Å²) in [7, 11) is -1.71. The number of anilines is 1. The predicted octanol–water partition coefficient (Wildman–Crippen LogP) is 1.77. The third-order valence-electron chi connectivity index (χ3n) is 5.49. The molecule has 2 aliphatic rings. The Morgan fingerprint density at radius 3 is 2.23 bits per heavy atom. The Balaban J connectivity index is 1.48. The van der Waals surface area contributed by atoms with Crippen molar-refractivity contribution in [1.29, 1.82) is 0 Å². The van der Waals surface area contributed by atoms with Crippen molar-refractivity contribution in [3.05, 3.63) is 59.7 Å². The molecule has 9 heteroatoms. The fourth-order valence-corrected chi connectivity index (χ4v) is 4.88. The first kappa shape index (κ1) is 21.5. The van der Waals surface area contributed by atoms with E-state index in [9.17, 15) is 18.0 Å². The van der Waals surface area contributed by atoms with Crippen molar-refractivity contribution in [1.82, 2.24) is 14.5 Å². The smallest absolute Gasteiger partial charge is 0.255 e. The van der Waals surface area contributed by atoms with Crippen LogP contribution in [0.4, 0.5) is 5.69 Å². The van der Waals surface area contributed by atoms with Gasteiger partial charge >= 0.3 is 0 Å². The third kappa shape index (κ3) is 5.12. The lowest BCUT2D eigenvalue weighted by molar-refractivity contribution is 0.0949. The second kappa shape index (κ2) is 8.78. The lowest BCUT2D eigenvalue weighted by Gasteiger charge is -2.31. The molecule has 8 nitrogen and oxygen atoms in total. The minimum absolute atomic E-state index is 0.0993. The van der Waals surface area contributed by atoms with Crippen LogP contribution in [0.3, 0.4) is 0 Å². The molecule has 2 amide bonds. The predicted molar refractivity (Wildman–Crippen MR) is 118 cm³/mol. The van der Waals surface area contributed by atoms with E-state index in [2.05, 4.69) is 15.5 Å². The van der Waals surface area contributed by atoms with Crippen LogP contribution in [-0.4, -0.2) is 68.7 Å². The van der Waals surface area contributed by atoms with Crippen molar-refractivity contribution in [3.8, 4) is 0 Å². The van der Waals surface area contributed by atoms with Gasteiger partial charge in [-0.3, -0.25) is 9.59 Å². The molecule has 0 aromatic heterocycles. The van der Waals surface area contributed by atoms with Crippen LogP contribution in [-0.2, 0) is 10.0 Å². The highest BCUT2D eigenvalue weighted by atomic mass is 32.2. The fourth-order valence-electron chi connectivity index (χ4n) is 3.41. The number of rotatable bonds is 6. The van der Waals surface area contributed by atoms with Crippen LogP contribution >= 0.6 is 0 Å². The lowest BCUT2D eigenvalue weighted by atomic mass is 10.1. The molecule has 0 radical (unpaired) electrons. The van der Waals surface area contributed by atoms with E-state index >= 15 is 0 Å². The Morgan fingerprint density at radius 2 is 1.55 bits per heavy atom. The summed E-state index contributed by atoms with van der Waals surface area (Å²) < 4.78 is 27.4. The van der Waals surface area contributed by atoms with E-state index in [4.69, 9.17) is 0 Å². The molecule has 2 aromatic carbocycles. The molecule has 4 rings (SSSR count). The molecule has 1 heterocycles. The highest BCUT2D eigenvalue weighted by molar-refractivity contribution is 7.89. The van der Waals surface area contributed by atoms with Crippen LogP contribution in [0.15, 0.2) is 53.4 Å². The molecule has 164 valence electrons. The SMILES string of the molecule is CN1CCN(S(=O)(=O)c2cccc(C(=O)Nc3cccc(C(=O)NC4CC4)c3)c2)CC1. The molecule has 0 bridgehead atoms. The van der Waals surface area contributed by atoms with Gasteiger partial charge in [-0.05, 0) is 56.3 Å². The molecule has 31 heavy (non-hydrogen) atoms. The molecule has 0 spiro atoms. The zero-order chi connectivity index (χ0) is 22.0. The Morgan fingerprint density at radius 1 is 0.903 bits per heavy atom. The average Bonchev–Trinajstić information content (AvgIpc) is 3.58. The summed E-state index contributed by atoms with van der Waals surface area (Å²) in [5.41, 5.74) is 1.18. The Hall–Kier alpha value is -2.75. The number of likely N-dealkylation sites (N-methyl/N-ethyl adjacent to an activating group) is 1. The number of sulfonamides is 1. The van der Waals surface area contributed by atoms with Crippen molar-refractivity contribution in [2.75, 3.05) is 38.5 Å². The second-order valence-electron chi connectivity index (χ2n) is 8.02. The summed E-state index contributed by atoms with van der Waals surface area (Å²) in [5.74, 6) is -0.603. The van der Waals surface area contributed by atoms with E-state index in [0.717, 1.165) is 12.8 Å². The Bertz CT molecular complexity index is 1090. The number of nitrogens with zero attached hydrogens (tertiary/aromatic N) is 2. The summed E-state index contributed by atoms with van der Waals surface area (Å²) in [6.07, 6.45) is 1.99. The molecule has 0 atom stereocenters. The molecule has 0 unspecified atom stereocenters. The Kier molecular flexibility index (Phi) is 6.08. The summed E-state index contributed by atoms with van der Waals surface area (Å²) in [6, 6.07) is 13.0. The van der Waals surface area contributed by atoms with Gasteiger partial charge in [0.15, 0.2) is 0 Å². The number of amides is 2. The summed E-state index contributed by atoms with van der Waals surface area (Å²) in [5, 5.41) is 5.67. The highest BCUT2D eigenvalue weighted by Crippen LogP contribution is 2.21. The monoisotopic (exact) mass is 442 g/mol. The molecule has 1 aliphatic heterocycles. The van der Waals surface area contributed by atoms with Crippen molar-refractivity contribution < 1.29 is 18.0 Å². The maximum Gasteiger partial charge on any atom is 0.255 e. The third-order valence-corrected chi connectivity index (χ3v) is 7.39. The molecule has 1 saturated heterocycles. The first-order chi connectivity index (χ1) is 14.8. The van der Waals surface area contributed by atoms with E-state index in [1.54, 1.807) is 36.4 Å². The molecule has 2 N–H and O–H groups in total. The first-order valence-corrected chi connectivity index (χ1v) is 11.8. The summed E-state index contributed by atoms with van der Waals surface area (Å²) in [4.78, 5) is 27.2. The van der Waals surface area contributed by atoms with Crippen LogP contribution in [0, 0.1) is 0 Å². The maximum atomic E-state index is 13.0. The highest BCUT2D eigenvalue weighted by Gasteiger charge is 2.28. The van der Waals surface area contributed by atoms with Gasteiger partial charge in [0, 0.05) is 49.0 Å². The van der Waals surface area contributed by atoms with Crippen molar-refractivity contribution in [2.24, 2.45) is 0 Å². The van der Waals surface area contributed by atoms with Gasteiger partial charge in [0.1, 0.15) is 0 Å². The van der Waals surface area contributed by atoms with Crippen LogP contribution < -0.4 is 10.6 Å². The molecule has 1 aliphatic carbocycles. The van der Waals surface area contributed by atoms with Gasteiger partial charge in [0.25, 0.3) is 11.8 Å². The number of benzene rings is 2. The van der Waals surface area contributed by atoms with Gasteiger partial charge in [-0.2, -0.15) is 4.31 Å². The van der Waals surface area contributed by atoms with E-state index in [1.165, 1.54) is 16.4 Å². The first-order valence-electron chi connectivity index (χ1n) is 10.3. The standard InChI is InChI=1S/C22H26N4O4S/c1-25-10-12-26(13-11-25)31(29,30)20-7-3-5-17(15-20)22(28)24-19-6-2-4-16(14-19)21(27)23-18-8-9-18/h2-7,14-15,18H,8-13H2,1H3,(H,23,27)(H,24,28). The molecular weight excluding hydrogens is 416 g/mol. The average molecular weight is 443 g/mol. The van der Waals surface area contributed by atoms with E-state index < -0.39 is 15.9 Å². The molecule has 2 fully saturated rings. The van der Waals surface area contributed by atoms with Gasteiger partial charge < -0.3 is 15.5 Å². The van der Waals surface area contributed by atoms with Crippen molar-refractivity contribution in [2.45, 2.75) is 23.8 Å². The zero-order valence-electron chi connectivity index (χ0n) is 17.4. The summed E-state index contributed by atoms with van der Waals surface area (Å²) in [6.45, 7) is 2.18. The van der Waals surface area contributed by atoms with Crippen LogP contribution in [0.2, 0.25) is 0 Å². The summed E-state index contributed by atoms with van der Waals surface area (Å²) >= 11 is 0. The number of piperazine rings is 1. The second-order valence-corrected chi connectivity index (χ2v) is 9.96. The fraction of sp³-hybridized carbons (Fsp3) is 0.364. The number of hydrogen-bond donors (Lipinski definition) is 2. The zero-order valence-corrected chi connectivity index (χ0v) is 18.2. The lowest BCUT2D eigenvalue weighted by Crippen LogP contribution is -2.47. The van der Waals surface area contributed by atoms with Crippen LogP contribution in [0.1, 0.15) is 33.6 Å². The van der Waals surface area contributed by atoms with Gasteiger partial charge in [0.2, 0.25) is 10.0 Å². The molecule has 1 saturated carbocycles. The number of hydrogen-bond acceptors (Lipinski definition) is 5. The minimum Gasteiger partial charge on any atom is -0.349 e. The van der Waals surface area contributed by atoms with Gasteiger partial charge in [-0.1, -0.05) is 12.1 Å². The normalized spacial score (nSPS) is 17.8.